The van der Waals surface area contributed by atoms with Crippen molar-refractivity contribution in [2.24, 2.45) is 5.11 Å². The van der Waals surface area contributed by atoms with Crippen molar-refractivity contribution in [1.82, 2.24) is 5.32 Å². The summed E-state index contributed by atoms with van der Waals surface area (Å²) in [7, 11) is 1.34. The number of methoxy groups -OCH3 is 1. The molecule has 12 heavy (non-hydrogen) atoms. The third-order valence-electron chi connectivity index (χ3n) is 1.17. The lowest BCUT2D eigenvalue weighted by atomic mass is 10.4. The van der Waals surface area contributed by atoms with Crippen LogP contribution in [-0.2, 0) is 9.53 Å². The van der Waals surface area contributed by atoms with Crippen molar-refractivity contribution in [3.05, 3.63) is 10.4 Å². The van der Waals surface area contributed by atoms with Crippen molar-refractivity contribution in [2.75, 3.05) is 26.7 Å². The Bertz CT molecular complexity index is 176. The van der Waals surface area contributed by atoms with Crippen LogP contribution >= 0.6 is 0 Å². The number of azide groups is 1. The van der Waals surface area contributed by atoms with Crippen molar-refractivity contribution in [3.8, 4) is 0 Å². The minimum atomic E-state index is -0.293. The van der Waals surface area contributed by atoms with Gasteiger partial charge >= 0.3 is 5.97 Å². The maximum atomic E-state index is 10.5. The summed E-state index contributed by atoms with van der Waals surface area (Å²) >= 11 is 0. The molecule has 0 aromatic rings. The molecule has 1 N–H and O–H groups in total. The first-order chi connectivity index (χ1) is 5.81. The zero-order valence-corrected chi connectivity index (χ0v) is 6.99. The Balaban J connectivity index is 3.10. The lowest BCUT2D eigenvalue weighted by Crippen LogP contribution is -2.25. The van der Waals surface area contributed by atoms with E-state index in [1.165, 1.54) is 7.11 Å². The van der Waals surface area contributed by atoms with E-state index in [0.29, 0.717) is 13.1 Å². The number of hydrogen-bond acceptors (Lipinski definition) is 4. The van der Waals surface area contributed by atoms with Gasteiger partial charge in [0.2, 0.25) is 0 Å². The molecule has 0 saturated carbocycles. The fourth-order valence-corrected chi connectivity index (χ4v) is 0.582. The summed E-state index contributed by atoms with van der Waals surface area (Å²) in [6.07, 6.45) is 0.723. The Kier molecular flexibility index (Phi) is 7.02. The van der Waals surface area contributed by atoms with Gasteiger partial charge in [-0.15, -0.1) is 0 Å². The van der Waals surface area contributed by atoms with Crippen LogP contribution < -0.4 is 5.32 Å². The summed E-state index contributed by atoms with van der Waals surface area (Å²) in [5.74, 6) is -0.293. The van der Waals surface area contributed by atoms with Crippen LogP contribution in [0.1, 0.15) is 6.42 Å². The molecule has 0 radical (unpaired) electrons. The third kappa shape index (κ3) is 6.85. The second kappa shape index (κ2) is 7.84. The monoisotopic (exact) mass is 172 g/mol. The summed E-state index contributed by atoms with van der Waals surface area (Å²) < 4.78 is 4.39. The normalized spacial score (nSPS) is 8.75. The lowest BCUT2D eigenvalue weighted by Gasteiger charge is -2.00. The Morgan fingerprint density at radius 3 is 3.08 bits per heavy atom. The maximum Gasteiger partial charge on any atom is 0.319 e. The van der Waals surface area contributed by atoms with Gasteiger partial charge in [0.05, 0.1) is 13.7 Å². The summed E-state index contributed by atoms with van der Waals surface area (Å²) in [4.78, 5) is 13.1. The number of hydrogen-bond donors (Lipinski definition) is 1. The SMILES string of the molecule is COC(=O)CNCCCN=[N+]=[N-]. The van der Waals surface area contributed by atoms with E-state index in [-0.39, 0.29) is 12.5 Å². The molecule has 0 aliphatic rings. The topological polar surface area (TPSA) is 87.1 Å². The van der Waals surface area contributed by atoms with Crippen LogP contribution in [0, 0.1) is 0 Å². The smallest absolute Gasteiger partial charge is 0.319 e. The molecule has 0 heterocycles. The molecule has 6 nitrogen and oxygen atoms in total. The molecule has 0 spiro atoms. The molecule has 0 amide bonds. The van der Waals surface area contributed by atoms with Crippen molar-refractivity contribution >= 4 is 5.97 Å². The van der Waals surface area contributed by atoms with Crippen LogP contribution in [0.15, 0.2) is 5.11 Å². The molecular weight excluding hydrogens is 160 g/mol. The fourth-order valence-electron chi connectivity index (χ4n) is 0.582. The third-order valence-corrected chi connectivity index (χ3v) is 1.17. The van der Waals surface area contributed by atoms with Gasteiger partial charge in [0, 0.05) is 11.5 Å². The average molecular weight is 172 g/mol. The van der Waals surface area contributed by atoms with E-state index in [2.05, 4.69) is 20.1 Å². The van der Waals surface area contributed by atoms with Gasteiger partial charge in [0.25, 0.3) is 0 Å². The van der Waals surface area contributed by atoms with Crippen LogP contribution in [0.3, 0.4) is 0 Å². The molecule has 0 unspecified atom stereocenters. The first-order valence-corrected chi connectivity index (χ1v) is 3.59. The first kappa shape index (κ1) is 10.7. The molecule has 0 aromatic carbocycles. The quantitative estimate of drug-likeness (QED) is 0.207. The minimum Gasteiger partial charge on any atom is -0.468 e. The van der Waals surface area contributed by atoms with Gasteiger partial charge < -0.3 is 10.1 Å². The summed E-state index contributed by atoms with van der Waals surface area (Å²) in [6, 6.07) is 0. The van der Waals surface area contributed by atoms with Crippen LogP contribution in [0.5, 0.6) is 0 Å². The standard InChI is InChI=1S/C6H12N4O2/c1-12-6(11)5-8-3-2-4-9-10-7/h8H,2-5H2,1H3. The zero-order valence-electron chi connectivity index (χ0n) is 6.99. The Morgan fingerprint density at radius 1 is 1.75 bits per heavy atom. The molecule has 0 aliphatic heterocycles. The van der Waals surface area contributed by atoms with Gasteiger partial charge in [0.1, 0.15) is 0 Å². The highest BCUT2D eigenvalue weighted by molar-refractivity contribution is 5.71. The largest absolute Gasteiger partial charge is 0.468 e. The van der Waals surface area contributed by atoms with E-state index in [0.717, 1.165) is 6.42 Å². The highest BCUT2D eigenvalue weighted by atomic mass is 16.5. The Morgan fingerprint density at radius 2 is 2.50 bits per heavy atom. The molecule has 0 fully saturated rings. The second-order valence-corrected chi connectivity index (χ2v) is 2.06. The number of carbonyl (C=O) groups is 1. The number of nitrogens with zero attached hydrogens (tertiary/aromatic N) is 3. The molecule has 6 heteroatoms. The van der Waals surface area contributed by atoms with Crippen molar-refractivity contribution in [3.63, 3.8) is 0 Å². The molecule has 68 valence electrons. The fraction of sp³-hybridized carbons (Fsp3) is 0.833. The highest BCUT2D eigenvalue weighted by Gasteiger charge is 1.96. The second-order valence-electron chi connectivity index (χ2n) is 2.06. The number of ether oxygens (including phenoxy) is 1. The van der Waals surface area contributed by atoms with E-state index in [4.69, 9.17) is 5.53 Å². The highest BCUT2D eigenvalue weighted by Crippen LogP contribution is 1.79. The molecule has 0 rings (SSSR count). The van der Waals surface area contributed by atoms with Crippen molar-refractivity contribution in [1.29, 1.82) is 0 Å². The maximum absolute atomic E-state index is 10.5. The summed E-state index contributed by atoms with van der Waals surface area (Å²) in [5, 5.41) is 6.17. The van der Waals surface area contributed by atoms with Gasteiger partial charge in [-0.3, -0.25) is 4.79 Å². The van der Waals surface area contributed by atoms with Crippen LogP contribution in [0.4, 0.5) is 0 Å². The zero-order chi connectivity index (χ0) is 9.23. The number of esters is 1. The van der Waals surface area contributed by atoms with Crippen molar-refractivity contribution < 1.29 is 9.53 Å². The Hall–Kier alpha value is -1.26. The van der Waals surface area contributed by atoms with Crippen LogP contribution in [0.2, 0.25) is 0 Å². The molecule has 0 aromatic heterocycles. The molecule has 0 atom stereocenters. The van der Waals surface area contributed by atoms with Crippen LogP contribution in [0.25, 0.3) is 10.4 Å². The van der Waals surface area contributed by atoms with Gasteiger partial charge in [-0.25, -0.2) is 0 Å². The van der Waals surface area contributed by atoms with E-state index in [1.54, 1.807) is 0 Å². The predicted molar refractivity (Wildman–Crippen MR) is 43.5 cm³/mol. The van der Waals surface area contributed by atoms with Gasteiger partial charge in [-0.05, 0) is 18.5 Å². The van der Waals surface area contributed by atoms with E-state index in [9.17, 15) is 4.79 Å². The Labute approximate surface area is 70.5 Å². The predicted octanol–water partition coefficient (Wildman–Crippen LogP) is 0.449. The minimum absolute atomic E-state index is 0.201. The number of carbonyl (C=O) groups excluding carboxylic acids is 1. The average Bonchev–Trinajstić information content (AvgIpc) is 2.10. The van der Waals surface area contributed by atoms with E-state index in [1.807, 2.05) is 0 Å². The molecule has 0 aliphatic carbocycles. The number of nitrogens with one attached hydrogen (secondary N) is 1. The van der Waals surface area contributed by atoms with E-state index < -0.39 is 0 Å². The van der Waals surface area contributed by atoms with Crippen molar-refractivity contribution in [2.45, 2.75) is 6.42 Å². The van der Waals surface area contributed by atoms with Gasteiger partial charge in [-0.2, -0.15) is 0 Å². The molecule has 0 saturated heterocycles. The molecule has 0 bridgehead atoms. The lowest BCUT2D eigenvalue weighted by molar-refractivity contribution is -0.139. The summed E-state index contributed by atoms with van der Waals surface area (Å²) in [6.45, 7) is 1.30. The van der Waals surface area contributed by atoms with Crippen LogP contribution in [-0.4, -0.2) is 32.7 Å². The first-order valence-electron chi connectivity index (χ1n) is 3.59. The number of rotatable bonds is 6. The van der Waals surface area contributed by atoms with E-state index >= 15 is 0 Å². The van der Waals surface area contributed by atoms with Gasteiger partial charge in [0.15, 0.2) is 0 Å². The summed E-state index contributed by atoms with van der Waals surface area (Å²) in [5.41, 5.74) is 7.91. The molecular formula is C6H12N4O2. The van der Waals surface area contributed by atoms with Gasteiger partial charge in [-0.1, -0.05) is 5.11 Å².